The van der Waals surface area contributed by atoms with E-state index in [0.717, 1.165) is 4.47 Å². The second kappa shape index (κ2) is 9.72. The Hall–Kier alpha value is -2.87. The van der Waals surface area contributed by atoms with Crippen LogP contribution in [0.4, 0.5) is 5.69 Å². The molecule has 0 fully saturated rings. The zero-order valence-corrected chi connectivity index (χ0v) is 16.5. The zero-order chi connectivity index (χ0) is 19.8. The van der Waals surface area contributed by atoms with E-state index in [1.54, 1.807) is 48.5 Å². The van der Waals surface area contributed by atoms with Gasteiger partial charge in [-0.15, -0.1) is 0 Å². The molecule has 0 aromatic heterocycles. The van der Waals surface area contributed by atoms with Crippen LogP contribution in [0.1, 0.15) is 10.4 Å². The van der Waals surface area contributed by atoms with Crippen molar-refractivity contribution in [2.45, 2.75) is 0 Å². The number of likely N-dealkylation sites (N-methyl/N-ethyl adjacent to an activating group) is 1. The molecule has 0 heterocycles. The Kier molecular flexibility index (Phi) is 7.36. The molecule has 27 heavy (non-hydrogen) atoms. The molecule has 0 aliphatic rings. The molecule has 2 aromatic rings. The number of rotatable bonds is 7. The van der Waals surface area contributed by atoms with Crippen LogP contribution in [0.3, 0.4) is 0 Å². The number of hydrogen-bond donors (Lipinski definition) is 1. The first-order valence-corrected chi connectivity index (χ1v) is 8.79. The summed E-state index contributed by atoms with van der Waals surface area (Å²) in [5.41, 5.74) is 0.886. The first-order chi connectivity index (χ1) is 12.9. The number of amides is 2. The number of carbonyl (C=O) groups is 3. The normalized spacial score (nSPS) is 10.0. The molecule has 1 N–H and O–H groups in total. The van der Waals surface area contributed by atoms with Gasteiger partial charge in [-0.1, -0.05) is 28.1 Å². The Morgan fingerprint density at radius 2 is 1.85 bits per heavy atom. The number of halogens is 1. The zero-order valence-electron chi connectivity index (χ0n) is 14.9. The van der Waals surface area contributed by atoms with Crippen molar-refractivity contribution in [3.05, 3.63) is 58.6 Å². The molecule has 8 heteroatoms. The molecule has 7 nitrogen and oxygen atoms in total. The maximum atomic E-state index is 12.1. The van der Waals surface area contributed by atoms with Crippen LogP contribution >= 0.6 is 15.9 Å². The summed E-state index contributed by atoms with van der Waals surface area (Å²) < 4.78 is 10.8. The summed E-state index contributed by atoms with van der Waals surface area (Å²) in [4.78, 5) is 37.3. The summed E-state index contributed by atoms with van der Waals surface area (Å²) in [5.74, 6) is -0.868. The number of benzene rings is 2. The lowest BCUT2D eigenvalue weighted by atomic mass is 10.2. The standard InChI is InChI=1S/C19H19BrN2O5/c1-22(11-17(23)21-15-7-4-8-16(10-15)26-2)18(24)12-27-19(25)13-5-3-6-14(20)9-13/h3-10H,11-12H2,1-2H3,(H,21,23). The van der Waals surface area contributed by atoms with Gasteiger partial charge < -0.3 is 19.7 Å². The lowest BCUT2D eigenvalue weighted by Crippen LogP contribution is -2.37. The fraction of sp³-hybridized carbons (Fsp3) is 0.211. The molecule has 0 atom stereocenters. The van der Waals surface area contributed by atoms with Gasteiger partial charge in [-0.3, -0.25) is 9.59 Å². The highest BCUT2D eigenvalue weighted by Gasteiger charge is 2.16. The Labute approximate surface area is 165 Å². The van der Waals surface area contributed by atoms with Crippen molar-refractivity contribution in [3.63, 3.8) is 0 Å². The van der Waals surface area contributed by atoms with Crippen molar-refractivity contribution in [3.8, 4) is 5.75 Å². The number of nitrogens with one attached hydrogen (secondary N) is 1. The average molecular weight is 435 g/mol. The molecule has 0 saturated carbocycles. The quantitative estimate of drug-likeness (QED) is 0.677. The van der Waals surface area contributed by atoms with Gasteiger partial charge in [-0.05, 0) is 30.3 Å². The van der Waals surface area contributed by atoms with Crippen molar-refractivity contribution in [2.75, 3.05) is 32.6 Å². The van der Waals surface area contributed by atoms with E-state index in [4.69, 9.17) is 9.47 Å². The first-order valence-electron chi connectivity index (χ1n) is 7.99. The van der Waals surface area contributed by atoms with Crippen LogP contribution in [0.2, 0.25) is 0 Å². The highest BCUT2D eigenvalue weighted by Crippen LogP contribution is 2.16. The summed E-state index contributed by atoms with van der Waals surface area (Å²) in [6.07, 6.45) is 0. The van der Waals surface area contributed by atoms with E-state index in [2.05, 4.69) is 21.2 Å². The monoisotopic (exact) mass is 434 g/mol. The minimum Gasteiger partial charge on any atom is -0.497 e. The van der Waals surface area contributed by atoms with Crippen molar-refractivity contribution in [1.29, 1.82) is 0 Å². The van der Waals surface area contributed by atoms with E-state index in [-0.39, 0.29) is 12.5 Å². The van der Waals surface area contributed by atoms with Crippen LogP contribution in [-0.2, 0) is 14.3 Å². The first kappa shape index (κ1) is 20.4. The molecule has 0 radical (unpaired) electrons. The van der Waals surface area contributed by atoms with Gasteiger partial charge in [0, 0.05) is 23.3 Å². The van der Waals surface area contributed by atoms with E-state index in [1.165, 1.54) is 19.1 Å². The third-order valence-electron chi connectivity index (χ3n) is 3.55. The van der Waals surface area contributed by atoms with Gasteiger partial charge >= 0.3 is 5.97 Å². The molecule has 0 bridgehead atoms. The van der Waals surface area contributed by atoms with E-state index < -0.39 is 18.5 Å². The van der Waals surface area contributed by atoms with Gasteiger partial charge in [0.05, 0.1) is 19.2 Å². The van der Waals surface area contributed by atoms with Gasteiger partial charge in [-0.2, -0.15) is 0 Å². The predicted octanol–water partition coefficient (Wildman–Crippen LogP) is 2.71. The van der Waals surface area contributed by atoms with E-state index in [1.807, 2.05) is 0 Å². The molecule has 0 saturated heterocycles. The summed E-state index contributed by atoms with van der Waals surface area (Å²) in [6, 6.07) is 13.5. The molecule has 142 valence electrons. The maximum Gasteiger partial charge on any atom is 0.338 e. The predicted molar refractivity (Wildman–Crippen MR) is 104 cm³/mol. The molecule has 0 unspecified atom stereocenters. The third-order valence-corrected chi connectivity index (χ3v) is 4.04. The molecule has 0 aliphatic heterocycles. The molecule has 2 aromatic carbocycles. The topological polar surface area (TPSA) is 84.9 Å². The van der Waals surface area contributed by atoms with Crippen molar-refractivity contribution < 1.29 is 23.9 Å². The number of nitrogens with zero attached hydrogens (tertiary/aromatic N) is 1. The van der Waals surface area contributed by atoms with Crippen LogP contribution in [-0.4, -0.2) is 50.0 Å². The number of ether oxygens (including phenoxy) is 2. The molecular formula is C19H19BrN2O5. The van der Waals surface area contributed by atoms with E-state index in [0.29, 0.717) is 17.0 Å². The number of carbonyl (C=O) groups excluding carboxylic acids is 3. The van der Waals surface area contributed by atoms with E-state index in [9.17, 15) is 14.4 Å². The van der Waals surface area contributed by atoms with Crippen LogP contribution in [0, 0.1) is 0 Å². The minimum atomic E-state index is -0.612. The van der Waals surface area contributed by atoms with Crippen molar-refractivity contribution in [2.24, 2.45) is 0 Å². The average Bonchev–Trinajstić information content (AvgIpc) is 2.65. The summed E-state index contributed by atoms with van der Waals surface area (Å²) in [7, 11) is 2.99. The smallest absolute Gasteiger partial charge is 0.338 e. The highest BCUT2D eigenvalue weighted by molar-refractivity contribution is 9.10. The Morgan fingerprint density at radius 1 is 1.11 bits per heavy atom. The molecule has 0 spiro atoms. The molecular weight excluding hydrogens is 416 g/mol. The van der Waals surface area contributed by atoms with Crippen molar-refractivity contribution >= 4 is 39.4 Å². The lowest BCUT2D eigenvalue weighted by molar-refractivity contribution is -0.136. The molecule has 2 rings (SSSR count). The Balaban J connectivity index is 1.82. The van der Waals surface area contributed by atoms with E-state index >= 15 is 0 Å². The molecule has 2 amide bonds. The lowest BCUT2D eigenvalue weighted by Gasteiger charge is -2.17. The summed E-state index contributed by atoms with van der Waals surface area (Å²) in [6.45, 7) is -0.626. The van der Waals surface area contributed by atoms with Gasteiger partial charge in [0.15, 0.2) is 6.61 Å². The maximum absolute atomic E-state index is 12.1. The second-order valence-corrected chi connectivity index (χ2v) is 6.53. The number of hydrogen-bond acceptors (Lipinski definition) is 5. The second-order valence-electron chi connectivity index (χ2n) is 5.62. The number of esters is 1. The van der Waals surface area contributed by atoms with Gasteiger partial charge in [-0.25, -0.2) is 4.79 Å². The van der Waals surface area contributed by atoms with Crippen LogP contribution in [0.25, 0.3) is 0 Å². The SMILES string of the molecule is COc1cccc(NC(=O)CN(C)C(=O)COC(=O)c2cccc(Br)c2)c1. The highest BCUT2D eigenvalue weighted by atomic mass is 79.9. The summed E-state index contributed by atoms with van der Waals surface area (Å²) in [5, 5.41) is 2.67. The largest absolute Gasteiger partial charge is 0.497 e. The fourth-order valence-electron chi connectivity index (χ4n) is 2.14. The van der Waals surface area contributed by atoms with Crippen LogP contribution < -0.4 is 10.1 Å². The third kappa shape index (κ3) is 6.41. The Bertz CT molecular complexity index is 840. The Morgan fingerprint density at radius 3 is 2.56 bits per heavy atom. The van der Waals surface area contributed by atoms with Crippen molar-refractivity contribution in [1.82, 2.24) is 4.90 Å². The molecule has 0 aliphatic carbocycles. The number of methoxy groups -OCH3 is 1. The van der Waals surface area contributed by atoms with Gasteiger partial charge in [0.25, 0.3) is 5.91 Å². The minimum absolute atomic E-state index is 0.176. The van der Waals surface area contributed by atoms with Crippen LogP contribution in [0.5, 0.6) is 5.75 Å². The number of anilines is 1. The van der Waals surface area contributed by atoms with Gasteiger partial charge in [0.2, 0.25) is 5.91 Å². The van der Waals surface area contributed by atoms with Gasteiger partial charge in [0.1, 0.15) is 5.75 Å². The fourth-order valence-corrected chi connectivity index (χ4v) is 2.54. The summed E-state index contributed by atoms with van der Waals surface area (Å²) >= 11 is 3.26. The van der Waals surface area contributed by atoms with Crippen LogP contribution in [0.15, 0.2) is 53.0 Å².